The minimum atomic E-state index is -0.107. The summed E-state index contributed by atoms with van der Waals surface area (Å²) >= 11 is 0. The smallest absolute Gasteiger partial charge is 0.209 e. The Labute approximate surface area is 254 Å². The summed E-state index contributed by atoms with van der Waals surface area (Å²) in [6.07, 6.45) is 16.1. The van der Waals surface area contributed by atoms with E-state index in [0.29, 0.717) is 0 Å². The molecule has 4 heteroatoms. The van der Waals surface area contributed by atoms with Gasteiger partial charge in [0.15, 0.2) is 5.71 Å². The second kappa shape index (κ2) is 13.8. The molecule has 2 aromatic rings. The van der Waals surface area contributed by atoms with Gasteiger partial charge in [-0.2, -0.15) is 4.58 Å². The van der Waals surface area contributed by atoms with E-state index in [-0.39, 0.29) is 10.8 Å². The van der Waals surface area contributed by atoms with E-state index in [0.717, 1.165) is 50.4 Å². The van der Waals surface area contributed by atoms with Crippen molar-refractivity contribution in [2.24, 2.45) is 11.5 Å². The van der Waals surface area contributed by atoms with Gasteiger partial charge in [0.1, 0.15) is 18.1 Å². The molecule has 42 heavy (non-hydrogen) atoms. The zero-order valence-corrected chi connectivity index (χ0v) is 26.8. The van der Waals surface area contributed by atoms with Gasteiger partial charge in [-0.05, 0) is 102 Å². The first-order chi connectivity index (χ1) is 20.2. The summed E-state index contributed by atoms with van der Waals surface area (Å²) in [6, 6.07) is 17.4. The molecule has 3 aliphatic rings. The molecule has 0 saturated heterocycles. The molecule has 4 N–H and O–H groups in total. The Balaban J connectivity index is 0.000000748. The average Bonchev–Trinajstić information content (AvgIpc) is 3.37. The molecule has 0 unspecified atom stereocenters. The molecule has 0 spiro atoms. The highest BCUT2D eigenvalue weighted by molar-refractivity contribution is 6.03. The van der Waals surface area contributed by atoms with Gasteiger partial charge in [0.25, 0.3) is 0 Å². The molecule has 2 aromatic carbocycles. The highest BCUT2D eigenvalue weighted by atomic mass is 16.5. The third-order valence-corrected chi connectivity index (χ3v) is 9.07. The number of nitrogens with two attached hydrogens (primary N) is 2. The molecule has 0 saturated carbocycles. The van der Waals surface area contributed by atoms with Crippen LogP contribution in [0.4, 0.5) is 5.69 Å². The molecule has 4 nitrogen and oxygen atoms in total. The molecule has 0 atom stereocenters. The van der Waals surface area contributed by atoms with Crippen molar-refractivity contribution in [3.05, 3.63) is 106 Å². The molecule has 0 fully saturated rings. The van der Waals surface area contributed by atoms with Crippen LogP contribution in [0.25, 0.3) is 0 Å². The maximum Gasteiger partial charge on any atom is 0.209 e. The lowest BCUT2D eigenvalue weighted by Crippen LogP contribution is -2.28. The Morgan fingerprint density at radius 1 is 0.833 bits per heavy atom. The molecule has 0 bridgehead atoms. The molecule has 2 aliphatic heterocycles. The fraction of sp³-hybridized carbons (Fsp3) is 0.447. The van der Waals surface area contributed by atoms with Crippen LogP contribution in [0.2, 0.25) is 0 Å². The minimum Gasteiger partial charge on any atom is -0.460 e. The number of benzene rings is 2. The molecule has 0 aromatic heterocycles. The predicted octanol–water partition coefficient (Wildman–Crippen LogP) is 8.39. The summed E-state index contributed by atoms with van der Waals surface area (Å²) in [7, 11) is 0. The summed E-state index contributed by atoms with van der Waals surface area (Å²) in [5.74, 6) is 2.02. The zero-order valence-electron chi connectivity index (χ0n) is 26.8. The number of fused-ring (bicyclic) bond motifs is 2. The number of ether oxygens (including phenoxy) is 1. The van der Waals surface area contributed by atoms with E-state index in [1.54, 1.807) is 0 Å². The summed E-state index contributed by atoms with van der Waals surface area (Å²) in [5, 5.41) is 0. The van der Waals surface area contributed by atoms with Gasteiger partial charge in [-0.3, -0.25) is 0 Å². The van der Waals surface area contributed by atoms with Gasteiger partial charge in [0, 0.05) is 29.7 Å². The van der Waals surface area contributed by atoms with Gasteiger partial charge in [-0.1, -0.05) is 61.9 Å². The summed E-state index contributed by atoms with van der Waals surface area (Å²) in [4.78, 5) is 0. The average molecular weight is 567 g/mol. The van der Waals surface area contributed by atoms with Crippen LogP contribution in [-0.2, 0) is 10.8 Å². The second-order valence-corrected chi connectivity index (χ2v) is 12.7. The predicted molar refractivity (Wildman–Crippen MR) is 179 cm³/mol. The van der Waals surface area contributed by atoms with Crippen LogP contribution in [0.5, 0.6) is 5.75 Å². The number of unbranched alkanes of at least 4 members (excludes halogenated alkanes) is 1. The monoisotopic (exact) mass is 566 g/mol. The van der Waals surface area contributed by atoms with Gasteiger partial charge in [-0.25, -0.2) is 0 Å². The maximum atomic E-state index is 6.27. The third-order valence-electron chi connectivity index (χ3n) is 9.07. The quantitative estimate of drug-likeness (QED) is 0.315. The molecule has 5 rings (SSSR count). The van der Waals surface area contributed by atoms with Crippen molar-refractivity contribution in [1.29, 1.82) is 0 Å². The van der Waals surface area contributed by atoms with Crippen molar-refractivity contribution in [3.63, 3.8) is 0 Å². The van der Waals surface area contributed by atoms with E-state index in [1.807, 2.05) is 0 Å². The lowest BCUT2D eigenvalue weighted by molar-refractivity contribution is -0.438. The normalized spacial score (nSPS) is 20.6. The molecule has 224 valence electrons. The summed E-state index contributed by atoms with van der Waals surface area (Å²) in [5.41, 5.74) is 19.8. The first-order valence-corrected chi connectivity index (χ1v) is 15.9. The fourth-order valence-electron chi connectivity index (χ4n) is 6.33. The molecular weight excluding hydrogens is 514 g/mol. The number of rotatable bonds is 8. The van der Waals surface area contributed by atoms with Crippen molar-refractivity contribution in [2.75, 3.05) is 19.6 Å². The van der Waals surface area contributed by atoms with Crippen molar-refractivity contribution in [3.8, 4) is 5.75 Å². The lowest BCUT2D eigenvalue weighted by atomic mass is 9.80. The largest absolute Gasteiger partial charge is 0.460 e. The van der Waals surface area contributed by atoms with Crippen molar-refractivity contribution in [2.45, 2.75) is 90.9 Å². The maximum absolute atomic E-state index is 6.27. The topological polar surface area (TPSA) is 64.3 Å². The van der Waals surface area contributed by atoms with Crippen LogP contribution in [-0.4, -0.2) is 29.9 Å². The van der Waals surface area contributed by atoms with E-state index in [2.05, 4.69) is 119 Å². The third kappa shape index (κ3) is 6.55. The Morgan fingerprint density at radius 2 is 1.52 bits per heavy atom. The number of hydrogen-bond donors (Lipinski definition) is 2. The molecular formula is C38H52N3O+. The van der Waals surface area contributed by atoms with Crippen LogP contribution in [0.3, 0.4) is 0 Å². The Kier molecular flexibility index (Phi) is 10.5. The van der Waals surface area contributed by atoms with Crippen molar-refractivity contribution in [1.82, 2.24) is 0 Å². The van der Waals surface area contributed by atoms with E-state index in [1.165, 1.54) is 58.5 Å². The first kappa shape index (κ1) is 31.7. The standard InChI is InChI=1S/C35H42NO.C3H10N2/c1-7-8-24-36-30-18-11-9-16-28(30)34(3,4)32(36)22-20-26-14-13-15-27(25(26)2)21-23-33-35(5,6)29-17-10-12-19-31(29)37-33;4-2-1-3-5/h9-12,16-23H,7-8,13-15,24H2,1-6H3;1-5H2/q+1;/b22-20+,27-21+,33-23+;. The summed E-state index contributed by atoms with van der Waals surface area (Å²) < 4.78 is 8.83. The van der Waals surface area contributed by atoms with E-state index >= 15 is 0 Å². The molecule has 0 radical (unpaired) electrons. The van der Waals surface area contributed by atoms with E-state index in [4.69, 9.17) is 16.2 Å². The molecule has 0 amide bonds. The van der Waals surface area contributed by atoms with Crippen molar-refractivity contribution >= 4 is 11.4 Å². The number of nitrogens with zero attached hydrogens (tertiary/aromatic N) is 1. The first-order valence-electron chi connectivity index (χ1n) is 15.9. The van der Waals surface area contributed by atoms with Crippen LogP contribution < -0.4 is 16.2 Å². The highest BCUT2D eigenvalue weighted by Gasteiger charge is 2.43. The number of hydrogen-bond acceptors (Lipinski definition) is 3. The van der Waals surface area contributed by atoms with Crippen LogP contribution in [0, 0.1) is 0 Å². The summed E-state index contributed by atoms with van der Waals surface area (Å²) in [6.45, 7) is 16.3. The zero-order chi connectivity index (χ0) is 30.3. The number of allylic oxidation sites excluding steroid dienone is 8. The van der Waals surface area contributed by atoms with Gasteiger partial charge in [0.05, 0.1) is 10.8 Å². The van der Waals surface area contributed by atoms with Gasteiger partial charge in [0.2, 0.25) is 5.69 Å². The van der Waals surface area contributed by atoms with Gasteiger partial charge < -0.3 is 16.2 Å². The Hall–Kier alpha value is -3.21. The minimum absolute atomic E-state index is 0.00739. The Bertz CT molecular complexity index is 1420. The highest BCUT2D eigenvalue weighted by Crippen LogP contribution is 2.45. The second-order valence-electron chi connectivity index (χ2n) is 12.7. The fourth-order valence-corrected chi connectivity index (χ4v) is 6.33. The van der Waals surface area contributed by atoms with E-state index in [9.17, 15) is 0 Å². The van der Waals surface area contributed by atoms with Crippen LogP contribution in [0.1, 0.15) is 91.2 Å². The van der Waals surface area contributed by atoms with Gasteiger partial charge >= 0.3 is 0 Å². The lowest BCUT2D eigenvalue weighted by Gasteiger charge is -2.20. The van der Waals surface area contributed by atoms with E-state index < -0.39 is 0 Å². The van der Waals surface area contributed by atoms with Crippen LogP contribution >= 0.6 is 0 Å². The van der Waals surface area contributed by atoms with Gasteiger partial charge in [-0.15, -0.1) is 0 Å². The molecule has 1 aliphatic carbocycles. The SMILES string of the molecule is CCCC[N+]1=C(/C=C/C2=C(C)C(=C/C=C3/Oc4ccccc4C3(C)C)/CCC2)C(C)(C)c2ccccc21.NCCCN. The molecule has 2 heterocycles. The van der Waals surface area contributed by atoms with Crippen molar-refractivity contribution < 1.29 is 9.31 Å². The number of para-hydroxylation sites is 2. The van der Waals surface area contributed by atoms with Crippen LogP contribution in [0.15, 0.2) is 95.3 Å². The Morgan fingerprint density at radius 3 is 2.19 bits per heavy atom.